The Morgan fingerprint density at radius 1 is 1.42 bits per heavy atom. The van der Waals surface area contributed by atoms with Gasteiger partial charge in [-0.3, -0.25) is 4.79 Å². The number of carbonyl (C=O) groups excluding carboxylic acids is 2. The lowest BCUT2D eigenvalue weighted by molar-refractivity contribution is -0.130. The summed E-state index contributed by atoms with van der Waals surface area (Å²) in [4.78, 5) is 24.6. The van der Waals surface area contributed by atoms with Crippen LogP contribution in [0.5, 0.6) is 0 Å². The van der Waals surface area contributed by atoms with Crippen molar-refractivity contribution in [1.82, 2.24) is 15.1 Å². The predicted octanol–water partition coefficient (Wildman–Crippen LogP) is 0.542. The molecule has 1 N–H and O–H groups in total. The highest BCUT2D eigenvalue weighted by Crippen LogP contribution is 2.06. The average molecular weight is 266 g/mol. The number of hydrogen-bond donors (Lipinski definition) is 1. The van der Waals surface area contributed by atoms with E-state index in [1.165, 1.54) is 13.2 Å². The number of nitrogens with zero attached hydrogens (tertiary/aromatic N) is 3. The quantitative estimate of drug-likeness (QED) is 0.783. The highest BCUT2D eigenvalue weighted by molar-refractivity contribution is 5.87. The molecule has 0 fully saturated rings. The van der Waals surface area contributed by atoms with E-state index in [-0.39, 0.29) is 11.6 Å². The summed E-state index contributed by atoms with van der Waals surface area (Å²) in [6.45, 7) is 4.28. The summed E-state index contributed by atoms with van der Waals surface area (Å²) < 4.78 is 4.52. The van der Waals surface area contributed by atoms with Gasteiger partial charge >= 0.3 is 5.97 Å². The van der Waals surface area contributed by atoms with Crippen molar-refractivity contribution in [2.75, 3.05) is 26.0 Å². The minimum absolute atomic E-state index is 0.0404. The number of aromatic nitrogens is 2. The Morgan fingerprint density at radius 3 is 2.58 bits per heavy atom. The zero-order valence-corrected chi connectivity index (χ0v) is 11.5. The first kappa shape index (κ1) is 14.9. The van der Waals surface area contributed by atoms with Crippen LogP contribution in [0.2, 0.25) is 0 Å². The molecule has 1 rings (SSSR count). The fraction of sp³-hybridized carbons (Fsp3) is 0.500. The molecule has 1 amide bonds. The Morgan fingerprint density at radius 2 is 2.11 bits per heavy atom. The molecule has 0 aliphatic carbocycles. The number of esters is 1. The summed E-state index contributed by atoms with van der Waals surface area (Å²) in [5.74, 6) is -0.159. The lowest BCUT2D eigenvalue weighted by Gasteiger charge is -2.20. The van der Waals surface area contributed by atoms with Crippen molar-refractivity contribution in [3.05, 3.63) is 17.8 Å². The number of methoxy groups -OCH3 is 1. The van der Waals surface area contributed by atoms with E-state index in [0.717, 1.165) is 0 Å². The first-order valence-electron chi connectivity index (χ1n) is 5.93. The van der Waals surface area contributed by atoms with Crippen molar-refractivity contribution in [1.29, 1.82) is 0 Å². The standard InChI is InChI=1S/C12H18N4O3/c1-5-16(3)11(17)8(2)13-10-7-6-9(14-15-10)12(18)19-4/h6-8H,5H2,1-4H3,(H,13,15). The number of carbonyl (C=O) groups is 2. The summed E-state index contributed by atoms with van der Waals surface area (Å²) in [7, 11) is 3.00. The molecule has 1 atom stereocenters. The van der Waals surface area contributed by atoms with Crippen molar-refractivity contribution >= 4 is 17.7 Å². The van der Waals surface area contributed by atoms with Gasteiger partial charge in [-0.15, -0.1) is 10.2 Å². The molecule has 7 heteroatoms. The molecule has 0 radical (unpaired) electrons. The maximum Gasteiger partial charge on any atom is 0.358 e. The Balaban J connectivity index is 2.68. The third kappa shape index (κ3) is 3.90. The molecule has 0 spiro atoms. The van der Waals surface area contributed by atoms with Crippen molar-refractivity contribution in [2.24, 2.45) is 0 Å². The molecule has 19 heavy (non-hydrogen) atoms. The number of anilines is 1. The second-order valence-corrected chi connectivity index (χ2v) is 4.01. The molecule has 0 aliphatic heterocycles. The third-order valence-electron chi connectivity index (χ3n) is 2.64. The van der Waals surface area contributed by atoms with Crippen molar-refractivity contribution < 1.29 is 14.3 Å². The number of rotatable bonds is 5. The molecule has 0 saturated carbocycles. The molecule has 0 saturated heterocycles. The van der Waals surface area contributed by atoms with Crippen molar-refractivity contribution in [2.45, 2.75) is 19.9 Å². The highest BCUT2D eigenvalue weighted by Gasteiger charge is 2.17. The monoisotopic (exact) mass is 266 g/mol. The fourth-order valence-electron chi connectivity index (χ4n) is 1.39. The largest absolute Gasteiger partial charge is 0.464 e. The summed E-state index contributed by atoms with van der Waals surface area (Å²) in [5.41, 5.74) is 0.123. The zero-order valence-electron chi connectivity index (χ0n) is 11.5. The van der Waals surface area contributed by atoms with Gasteiger partial charge in [-0.25, -0.2) is 4.79 Å². The molecule has 1 heterocycles. The second-order valence-electron chi connectivity index (χ2n) is 4.01. The molecule has 1 unspecified atom stereocenters. The molecule has 1 aromatic rings. The van der Waals surface area contributed by atoms with E-state index in [9.17, 15) is 9.59 Å². The summed E-state index contributed by atoms with van der Waals surface area (Å²) in [6.07, 6.45) is 0. The summed E-state index contributed by atoms with van der Waals surface area (Å²) in [6, 6.07) is 2.65. The van der Waals surface area contributed by atoms with Crippen LogP contribution >= 0.6 is 0 Å². The van der Waals surface area contributed by atoms with Crippen molar-refractivity contribution in [3.63, 3.8) is 0 Å². The van der Waals surface area contributed by atoms with Gasteiger partial charge in [0.2, 0.25) is 5.91 Å². The summed E-state index contributed by atoms with van der Waals surface area (Å²) in [5, 5.41) is 10.5. The van der Waals surface area contributed by atoms with E-state index in [1.807, 2.05) is 6.92 Å². The maximum atomic E-state index is 11.8. The van der Waals surface area contributed by atoms with E-state index in [1.54, 1.807) is 24.9 Å². The molecule has 7 nitrogen and oxygen atoms in total. The number of nitrogens with one attached hydrogen (secondary N) is 1. The van der Waals surface area contributed by atoms with Crippen molar-refractivity contribution in [3.8, 4) is 0 Å². The van der Waals surface area contributed by atoms with Crippen LogP contribution in [-0.4, -0.2) is 53.7 Å². The van der Waals surface area contributed by atoms with Crippen LogP contribution in [0.1, 0.15) is 24.3 Å². The molecular formula is C12H18N4O3. The minimum atomic E-state index is -0.547. The average Bonchev–Trinajstić information content (AvgIpc) is 2.45. The first-order valence-corrected chi connectivity index (χ1v) is 5.93. The minimum Gasteiger partial charge on any atom is -0.464 e. The van der Waals surface area contributed by atoms with Crippen LogP contribution in [0.25, 0.3) is 0 Å². The molecule has 0 bridgehead atoms. The molecule has 1 aromatic heterocycles. The Hall–Kier alpha value is -2.18. The Labute approximate surface area is 112 Å². The van der Waals surface area contributed by atoms with Crippen LogP contribution in [0, 0.1) is 0 Å². The van der Waals surface area contributed by atoms with E-state index < -0.39 is 12.0 Å². The van der Waals surface area contributed by atoms with E-state index >= 15 is 0 Å². The first-order chi connectivity index (χ1) is 8.99. The lowest BCUT2D eigenvalue weighted by Crippen LogP contribution is -2.39. The number of hydrogen-bond acceptors (Lipinski definition) is 6. The van der Waals surface area contributed by atoms with Gasteiger partial charge in [0.1, 0.15) is 11.9 Å². The van der Waals surface area contributed by atoms with Gasteiger partial charge in [0.15, 0.2) is 5.69 Å². The Bertz CT molecular complexity index is 447. The highest BCUT2D eigenvalue weighted by atomic mass is 16.5. The topological polar surface area (TPSA) is 84.4 Å². The maximum absolute atomic E-state index is 11.8. The van der Waals surface area contributed by atoms with Crippen LogP contribution in [-0.2, 0) is 9.53 Å². The zero-order chi connectivity index (χ0) is 14.4. The van der Waals surface area contributed by atoms with Gasteiger partial charge in [0.25, 0.3) is 0 Å². The lowest BCUT2D eigenvalue weighted by atomic mass is 10.3. The van der Waals surface area contributed by atoms with Crippen LogP contribution in [0.3, 0.4) is 0 Å². The van der Waals surface area contributed by atoms with Crippen LogP contribution in [0.4, 0.5) is 5.82 Å². The van der Waals surface area contributed by atoms with Gasteiger partial charge in [-0.2, -0.15) is 0 Å². The van der Waals surface area contributed by atoms with Gasteiger partial charge in [0, 0.05) is 13.6 Å². The van der Waals surface area contributed by atoms with Gasteiger partial charge in [0.05, 0.1) is 7.11 Å². The number of ether oxygens (including phenoxy) is 1. The van der Waals surface area contributed by atoms with Crippen LogP contribution in [0.15, 0.2) is 12.1 Å². The van der Waals surface area contributed by atoms with E-state index in [0.29, 0.717) is 12.4 Å². The van der Waals surface area contributed by atoms with E-state index in [4.69, 9.17) is 0 Å². The van der Waals surface area contributed by atoms with Gasteiger partial charge < -0.3 is 15.0 Å². The SMILES string of the molecule is CCN(C)C(=O)C(C)Nc1ccc(C(=O)OC)nn1. The predicted molar refractivity (Wildman–Crippen MR) is 69.8 cm³/mol. The van der Waals surface area contributed by atoms with Gasteiger partial charge in [-0.05, 0) is 26.0 Å². The number of likely N-dealkylation sites (N-methyl/N-ethyl adjacent to an activating group) is 1. The summed E-state index contributed by atoms with van der Waals surface area (Å²) >= 11 is 0. The Kier molecular flexibility index (Phi) is 5.23. The molecule has 0 aromatic carbocycles. The molecule has 0 aliphatic rings. The van der Waals surface area contributed by atoms with Gasteiger partial charge in [-0.1, -0.05) is 0 Å². The normalized spacial score (nSPS) is 11.6. The second kappa shape index (κ2) is 6.67. The fourth-order valence-corrected chi connectivity index (χ4v) is 1.39. The van der Waals surface area contributed by atoms with E-state index in [2.05, 4.69) is 20.3 Å². The molecular weight excluding hydrogens is 248 g/mol. The third-order valence-corrected chi connectivity index (χ3v) is 2.64. The molecule has 104 valence electrons. The number of amides is 1. The smallest absolute Gasteiger partial charge is 0.358 e. The van der Waals surface area contributed by atoms with Crippen LogP contribution < -0.4 is 5.32 Å².